The maximum absolute atomic E-state index is 12.5. The molecule has 0 bridgehead atoms. The molecule has 1 rings (SSSR count). The van der Waals surface area contributed by atoms with Crippen molar-refractivity contribution in [1.29, 1.82) is 0 Å². The summed E-state index contributed by atoms with van der Waals surface area (Å²) in [6.45, 7) is 5.35. The minimum Gasteiger partial charge on any atom is -0.480 e. The molecule has 25 heavy (non-hydrogen) atoms. The molecule has 7 heteroatoms. The van der Waals surface area contributed by atoms with Gasteiger partial charge in [0.2, 0.25) is 11.8 Å². The van der Waals surface area contributed by atoms with Crippen LogP contribution in [0.5, 0.6) is 0 Å². The Labute approximate surface area is 148 Å². The monoisotopic (exact) mass is 349 g/mol. The fraction of sp³-hybridized carbons (Fsp3) is 0.500. The summed E-state index contributed by atoms with van der Waals surface area (Å²) in [4.78, 5) is 35.8. The number of hydrogen-bond donors (Lipinski definition) is 4. The van der Waals surface area contributed by atoms with Gasteiger partial charge >= 0.3 is 5.97 Å². The fourth-order valence-electron chi connectivity index (χ4n) is 2.33. The lowest BCUT2D eigenvalue weighted by Crippen LogP contribution is -2.54. The maximum Gasteiger partial charge on any atom is 0.326 e. The van der Waals surface area contributed by atoms with Crippen LogP contribution in [0.4, 0.5) is 0 Å². The Morgan fingerprint density at radius 2 is 1.56 bits per heavy atom. The van der Waals surface area contributed by atoms with Crippen molar-refractivity contribution in [1.82, 2.24) is 10.6 Å². The van der Waals surface area contributed by atoms with Gasteiger partial charge in [0.1, 0.15) is 12.1 Å². The van der Waals surface area contributed by atoms with E-state index in [1.54, 1.807) is 24.3 Å². The van der Waals surface area contributed by atoms with E-state index in [-0.39, 0.29) is 12.3 Å². The number of carboxylic acids is 1. The predicted octanol–water partition coefficient (Wildman–Crippen LogP) is 0.677. The lowest BCUT2D eigenvalue weighted by Gasteiger charge is -2.23. The number of rotatable bonds is 9. The number of nitrogens with two attached hydrogens (primary N) is 1. The molecule has 1 aromatic rings. The van der Waals surface area contributed by atoms with Crippen molar-refractivity contribution >= 4 is 17.8 Å². The first-order valence-corrected chi connectivity index (χ1v) is 8.33. The number of carbonyl (C=O) groups excluding carboxylic acids is 2. The van der Waals surface area contributed by atoms with Crippen molar-refractivity contribution in [3.05, 3.63) is 35.9 Å². The number of benzene rings is 1. The van der Waals surface area contributed by atoms with E-state index in [1.165, 1.54) is 6.92 Å². The van der Waals surface area contributed by atoms with E-state index in [2.05, 4.69) is 10.6 Å². The summed E-state index contributed by atoms with van der Waals surface area (Å²) in [5.74, 6) is -1.96. The normalized spacial score (nSPS) is 14.4. The Kier molecular flexibility index (Phi) is 8.07. The zero-order valence-electron chi connectivity index (χ0n) is 14.9. The molecular weight excluding hydrogens is 322 g/mol. The van der Waals surface area contributed by atoms with Crippen molar-refractivity contribution in [2.45, 2.75) is 51.7 Å². The molecule has 138 valence electrons. The number of hydrogen-bond acceptors (Lipinski definition) is 4. The van der Waals surface area contributed by atoms with Crippen molar-refractivity contribution < 1.29 is 19.5 Å². The number of carboxylic acid groups (broad SMARTS) is 1. The molecule has 0 aliphatic rings. The highest BCUT2D eigenvalue weighted by atomic mass is 16.4. The third-order valence-electron chi connectivity index (χ3n) is 3.65. The number of carbonyl (C=O) groups is 3. The summed E-state index contributed by atoms with van der Waals surface area (Å²) in [5.41, 5.74) is 6.33. The average molecular weight is 349 g/mol. The third kappa shape index (κ3) is 7.34. The Morgan fingerprint density at radius 3 is 2.04 bits per heavy atom. The smallest absolute Gasteiger partial charge is 0.326 e. The zero-order valence-corrected chi connectivity index (χ0v) is 14.9. The van der Waals surface area contributed by atoms with Crippen LogP contribution >= 0.6 is 0 Å². The molecule has 5 N–H and O–H groups in total. The Balaban J connectivity index is 2.82. The van der Waals surface area contributed by atoms with E-state index in [1.807, 2.05) is 19.9 Å². The lowest BCUT2D eigenvalue weighted by atomic mass is 10.0. The van der Waals surface area contributed by atoms with E-state index in [0.29, 0.717) is 6.42 Å². The second kappa shape index (κ2) is 9.78. The molecule has 0 heterocycles. The summed E-state index contributed by atoms with van der Waals surface area (Å²) in [6, 6.07) is 6.40. The Bertz CT molecular complexity index is 587. The van der Waals surface area contributed by atoms with Crippen LogP contribution in [0.25, 0.3) is 0 Å². The highest BCUT2D eigenvalue weighted by Crippen LogP contribution is 2.08. The van der Waals surface area contributed by atoms with Crippen molar-refractivity contribution in [2.24, 2.45) is 11.7 Å². The summed E-state index contributed by atoms with van der Waals surface area (Å²) in [7, 11) is 0. The second-order valence-corrected chi connectivity index (χ2v) is 6.57. The standard InChI is InChI=1S/C18H27N3O4/c1-11(2)9-14(20-16(22)12(3)19)17(23)21-15(18(24)25)10-13-7-5-4-6-8-13/h4-8,11-12,14-15H,9-10,19H2,1-3H3,(H,20,22)(H,21,23)(H,24,25)/t12-,14-,15-/m0/s1. The molecule has 7 nitrogen and oxygen atoms in total. The Hall–Kier alpha value is -2.41. The molecule has 0 saturated carbocycles. The molecule has 0 unspecified atom stereocenters. The van der Waals surface area contributed by atoms with Gasteiger partial charge in [-0.2, -0.15) is 0 Å². The molecule has 0 fully saturated rings. The molecule has 1 aromatic carbocycles. The largest absolute Gasteiger partial charge is 0.480 e. The van der Waals surface area contributed by atoms with Crippen molar-refractivity contribution in [3.63, 3.8) is 0 Å². The van der Waals surface area contributed by atoms with Gasteiger partial charge in [-0.1, -0.05) is 44.2 Å². The van der Waals surface area contributed by atoms with Gasteiger partial charge in [0.25, 0.3) is 0 Å². The number of aliphatic carboxylic acids is 1. The molecule has 0 spiro atoms. The van der Waals surface area contributed by atoms with Gasteiger partial charge in [-0.25, -0.2) is 4.79 Å². The second-order valence-electron chi connectivity index (χ2n) is 6.57. The van der Waals surface area contributed by atoms with Crippen LogP contribution in [0.15, 0.2) is 30.3 Å². The minimum absolute atomic E-state index is 0.140. The lowest BCUT2D eigenvalue weighted by molar-refractivity contribution is -0.142. The summed E-state index contributed by atoms with van der Waals surface area (Å²) < 4.78 is 0. The summed E-state index contributed by atoms with van der Waals surface area (Å²) >= 11 is 0. The van der Waals surface area contributed by atoms with Gasteiger partial charge in [0, 0.05) is 6.42 Å². The molecule has 2 amide bonds. The zero-order chi connectivity index (χ0) is 19.0. The van der Waals surface area contributed by atoms with E-state index in [9.17, 15) is 19.5 Å². The maximum atomic E-state index is 12.5. The van der Waals surface area contributed by atoms with Crippen LogP contribution in [0.2, 0.25) is 0 Å². The number of amides is 2. The summed E-state index contributed by atoms with van der Waals surface area (Å²) in [5, 5.41) is 14.5. The first-order chi connectivity index (χ1) is 11.7. The van der Waals surface area contributed by atoms with Crippen LogP contribution in [0.1, 0.15) is 32.8 Å². The third-order valence-corrected chi connectivity index (χ3v) is 3.65. The van der Waals surface area contributed by atoms with E-state index in [4.69, 9.17) is 5.73 Å². The molecule has 0 aliphatic heterocycles. The highest BCUT2D eigenvalue weighted by molar-refractivity contribution is 5.91. The molecule has 0 aliphatic carbocycles. The van der Waals surface area contributed by atoms with Gasteiger partial charge in [0.05, 0.1) is 6.04 Å². The van der Waals surface area contributed by atoms with Gasteiger partial charge in [-0.05, 0) is 24.8 Å². The molecule has 0 radical (unpaired) electrons. The SMILES string of the molecule is CC(C)C[C@H](NC(=O)[C@H](C)N)C(=O)N[C@@H](Cc1ccccc1)C(=O)O. The van der Waals surface area contributed by atoms with E-state index >= 15 is 0 Å². The van der Waals surface area contributed by atoms with Crippen LogP contribution in [-0.4, -0.2) is 41.0 Å². The quantitative estimate of drug-likeness (QED) is 0.522. The minimum atomic E-state index is -1.13. The average Bonchev–Trinajstić information content (AvgIpc) is 2.53. The first kappa shape index (κ1) is 20.6. The topological polar surface area (TPSA) is 122 Å². The van der Waals surface area contributed by atoms with Gasteiger partial charge in [0.15, 0.2) is 0 Å². The first-order valence-electron chi connectivity index (χ1n) is 8.33. The van der Waals surface area contributed by atoms with Crippen LogP contribution < -0.4 is 16.4 Å². The van der Waals surface area contributed by atoms with Crippen LogP contribution in [-0.2, 0) is 20.8 Å². The van der Waals surface area contributed by atoms with Crippen molar-refractivity contribution in [3.8, 4) is 0 Å². The highest BCUT2D eigenvalue weighted by Gasteiger charge is 2.27. The number of nitrogens with one attached hydrogen (secondary N) is 2. The Morgan fingerprint density at radius 1 is 1.00 bits per heavy atom. The van der Waals surface area contributed by atoms with Gasteiger partial charge in [-0.3, -0.25) is 9.59 Å². The molecule has 0 saturated heterocycles. The van der Waals surface area contributed by atoms with Crippen LogP contribution in [0, 0.1) is 5.92 Å². The fourth-order valence-corrected chi connectivity index (χ4v) is 2.33. The van der Waals surface area contributed by atoms with Gasteiger partial charge in [-0.15, -0.1) is 0 Å². The molecular formula is C18H27N3O4. The van der Waals surface area contributed by atoms with Crippen LogP contribution in [0.3, 0.4) is 0 Å². The van der Waals surface area contributed by atoms with E-state index in [0.717, 1.165) is 5.56 Å². The molecule has 0 aromatic heterocycles. The predicted molar refractivity (Wildman–Crippen MR) is 94.7 cm³/mol. The van der Waals surface area contributed by atoms with Crippen molar-refractivity contribution in [2.75, 3.05) is 0 Å². The van der Waals surface area contributed by atoms with E-state index < -0.39 is 35.9 Å². The van der Waals surface area contributed by atoms with Gasteiger partial charge < -0.3 is 21.5 Å². The summed E-state index contributed by atoms with van der Waals surface area (Å²) in [6.07, 6.45) is 0.555. The molecule has 3 atom stereocenters.